The van der Waals surface area contributed by atoms with Gasteiger partial charge >= 0.3 is 5.69 Å². The second-order valence-electron chi connectivity index (χ2n) is 3.29. The number of aromatic nitrogens is 1. The van der Waals surface area contributed by atoms with Crippen molar-refractivity contribution in [3.63, 3.8) is 0 Å². The van der Waals surface area contributed by atoms with Gasteiger partial charge in [-0.15, -0.1) is 0 Å². The van der Waals surface area contributed by atoms with Crippen LogP contribution in [0.25, 0.3) is 0 Å². The van der Waals surface area contributed by atoms with Gasteiger partial charge in [-0.25, -0.2) is 4.98 Å². The first-order valence-corrected chi connectivity index (χ1v) is 4.33. The number of nitro groups is 1. The molecule has 1 heterocycles. The molecule has 0 spiro atoms. The Balaban J connectivity index is 2.79. The fraction of sp³-hybridized carbons (Fsp3) is 0.444. The van der Waals surface area contributed by atoms with E-state index in [2.05, 4.69) is 4.98 Å². The molecule has 0 aliphatic heterocycles. The van der Waals surface area contributed by atoms with Crippen LogP contribution in [0.2, 0.25) is 0 Å². The highest BCUT2D eigenvalue weighted by atomic mass is 16.6. The van der Waals surface area contributed by atoms with Crippen LogP contribution in [0.1, 0.15) is 13.8 Å². The maximum atomic E-state index is 10.6. The van der Waals surface area contributed by atoms with Crippen LogP contribution in [-0.4, -0.2) is 16.5 Å². The van der Waals surface area contributed by atoms with Crippen molar-refractivity contribution < 1.29 is 9.66 Å². The van der Waals surface area contributed by atoms with Crippen LogP contribution in [0.15, 0.2) is 18.3 Å². The van der Waals surface area contributed by atoms with Gasteiger partial charge in [0.25, 0.3) is 5.88 Å². The first-order chi connectivity index (χ1) is 6.61. The molecule has 0 saturated carbocycles. The van der Waals surface area contributed by atoms with E-state index in [0.29, 0.717) is 12.5 Å². The van der Waals surface area contributed by atoms with E-state index in [1.807, 2.05) is 13.8 Å². The fourth-order valence-electron chi connectivity index (χ4n) is 0.878. The van der Waals surface area contributed by atoms with Crippen molar-refractivity contribution in [3.05, 3.63) is 28.4 Å². The highest BCUT2D eigenvalue weighted by Crippen LogP contribution is 2.22. The Morgan fingerprint density at radius 1 is 1.64 bits per heavy atom. The molecule has 0 radical (unpaired) electrons. The van der Waals surface area contributed by atoms with E-state index in [-0.39, 0.29) is 11.6 Å². The number of rotatable bonds is 4. The van der Waals surface area contributed by atoms with Gasteiger partial charge in [-0.05, 0) is 12.0 Å². The first kappa shape index (κ1) is 10.4. The van der Waals surface area contributed by atoms with E-state index in [0.717, 1.165) is 0 Å². The van der Waals surface area contributed by atoms with Gasteiger partial charge in [0, 0.05) is 12.3 Å². The average Bonchev–Trinajstić information content (AvgIpc) is 2.15. The van der Waals surface area contributed by atoms with Gasteiger partial charge in [0.15, 0.2) is 0 Å². The number of hydrogen-bond donors (Lipinski definition) is 0. The molecule has 5 heteroatoms. The second-order valence-corrected chi connectivity index (χ2v) is 3.29. The highest BCUT2D eigenvalue weighted by Gasteiger charge is 2.15. The largest absolute Gasteiger partial charge is 0.473 e. The van der Waals surface area contributed by atoms with Crippen molar-refractivity contribution in [1.29, 1.82) is 0 Å². The lowest BCUT2D eigenvalue weighted by atomic mass is 10.2. The molecule has 14 heavy (non-hydrogen) atoms. The molecule has 0 aliphatic carbocycles. The van der Waals surface area contributed by atoms with E-state index in [1.165, 1.54) is 18.3 Å². The Hall–Kier alpha value is -1.65. The smallest absolute Gasteiger partial charge is 0.330 e. The molecule has 0 fully saturated rings. The molecule has 0 saturated heterocycles. The van der Waals surface area contributed by atoms with Gasteiger partial charge in [-0.2, -0.15) is 0 Å². The topological polar surface area (TPSA) is 65.3 Å². The van der Waals surface area contributed by atoms with Gasteiger partial charge < -0.3 is 4.74 Å². The maximum Gasteiger partial charge on any atom is 0.330 e. The van der Waals surface area contributed by atoms with Gasteiger partial charge in [0.1, 0.15) is 0 Å². The van der Waals surface area contributed by atoms with Gasteiger partial charge in [0.05, 0.1) is 11.5 Å². The molecule has 0 atom stereocenters. The molecule has 1 aromatic rings. The molecular formula is C9H12N2O3. The molecule has 5 nitrogen and oxygen atoms in total. The summed E-state index contributed by atoms with van der Waals surface area (Å²) in [5.74, 6) is 0.405. The Bertz CT molecular complexity index is 326. The van der Waals surface area contributed by atoms with Crippen molar-refractivity contribution in [3.8, 4) is 5.88 Å². The maximum absolute atomic E-state index is 10.6. The fourth-order valence-corrected chi connectivity index (χ4v) is 0.878. The molecular weight excluding hydrogens is 184 g/mol. The molecule has 0 N–H and O–H groups in total. The third kappa shape index (κ3) is 2.69. The Morgan fingerprint density at radius 3 is 2.93 bits per heavy atom. The van der Waals surface area contributed by atoms with Crippen LogP contribution in [0.5, 0.6) is 5.88 Å². The average molecular weight is 196 g/mol. The van der Waals surface area contributed by atoms with Crippen LogP contribution in [0.4, 0.5) is 5.69 Å². The summed E-state index contributed by atoms with van der Waals surface area (Å²) in [7, 11) is 0. The summed E-state index contributed by atoms with van der Waals surface area (Å²) < 4.78 is 5.21. The van der Waals surface area contributed by atoms with Crippen LogP contribution in [0.3, 0.4) is 0 Å². The van der Waals surface area contributed by atoms with Crippen molar-refractivity contribution in [2.45, 2.75) is 13.8 Å². The van der Waals surface area contributed by atoms with Crippen LogP contribution in [0, 0.1) is 16.0 Å². The van der Waals surface area contributed by atoms with Crippen molar-refractivity contribution in [2.75, 3.05) is 6.61 Å². The predicted octanol–water partition coefficient (Wildman–Crippen LogP) is 2.02. The van der Waals surface area contributed by atoms with Gasteiger partial charge in [-0.1, -0.05) is 13.8 Å². The molecule has 0 aliphatic rings. The predicted molar refractivity (Wildman–Crippen MR) is 51.2 cm³/mol. The van der Waals surface area contributed by atoms with Crippen LogP contribution in [-0.2, 0) is 0 Å². The molecule has 1 aromatic heterocycles. The number of hydrogen-bond acceptors (Lipinski definition) is 4. The lowest BCUT2D eigenvalue weighted by molar-refractivity contribution is -0.386. The normalized spacial score (nSPS) is 10.2. The summed E-state index contributed by atoms with van der Waals surface area (Å²) in [6.07, 6.45) is 1.47. The zero-order chi connectivity index (χ0) is 10.6. The van der Waals surface area contributed by atoms with Gasteiger partial charge in [0.2, 0.25) is 0 Å². The van der Waals surface area contributed by atoms with Gasteiger partial charge in [-0.3, -0.25) is 10.1 Å². The summed E-state index contributed by atoms with van der Waals surface area (Å²) in [5, 5.41) is 10.6. The summed E-state index contributed by atoms with van der Waals surface area (Å²) in [6, 6.07) is 2.89. The Morgan fingerprint density at radius 2 is 2.36 bits per heavy atom. The molecule has 0 bridgehead atoms. The summed E-state index contributed by atoms with van der Waals surface area (Å²) in [5.41, 5.74) is -0.0897. The van der Waals surface area contributed by atoms with Crippen molar-refractivity contribution in [1.82, 2.24) is 4.98 Å². The van der Waals surface area contributed by atoms with Crippen molar-refractivity contribution in [2.24, 2.45) is 5.92 Å². The minimum Gasteiger partial charge on any atom is -0.473 e. The minimum atomic E-state index is -0.497. The Labute approximate surface area is 81.9 Å². The number of ether oxygens (including phenoxy) is 1. The quantitative estimate of drug-likeness (QED) is 0.545. The number of nitrogens with zero attached hydrogens (tertiary/aromatic N) is 2. The first-order valence-electron chi connectivity index (χ1n) is 4.33. The summed E-state index contributed by atoms with van der Waals surface area (Å²) >= 11 is 0. The van der Waals surface area contributed by atoms with Crippen molar-refractivity contribution >= 4 is 5.69 Å². The Kier molecular flexibility index (Phi) is 3.39. The van der Waals surface area contributed by atoms with E-state index in [1.54, 1.807) is 0 Å². The van der Waals surface area contributed by atoms with Crippen LogP contribution < -0.4 is 4.74 Å². The monoisotopic (exact) mass is 196 g/mol. The third-order valence-electron chi connectivity index (χ3n) is 1.50. The molecule has 0 amide bonds. The van der Waals surface area contributed by atoms with E-state index >= 15 is 0 Å². The number of pyridine rings is 1. The SMILES string of the molecule is CC(C)COc1ncccc1[N+](=O)[O-]. The minimum absolute atomic E-state index is 0.0891. The molecule has 1 rings (SSSR count). The zero-order valence-electron chi connectivity index (χ0n) is 8.14. The van der Waals surface area contributed by atoms with E-state index in [4.69, 9.17) is 4.74 Å². The molecule has 0 unspecified atom stereocenters. The zero-order valence-corrected chi connectivity index (χ0v) is 8.14. The molecule has 0 aromatic carbocycles. The van der Waals surface area contributed by atoms with E-state index < -0.39 is 4.92 Å². The lowest BCUT2D eigenvalue weighted by Gasteiger charge is -2.06. The highest BCUT2D eigenvalue weighted by molar-refractivity contribution is 5.39. The third-order valence-corrected chi connectivity index (χ3v) is 1.50. The standard InChI is InChI=1S/C9H12N2O3/c1-7(2)6-14-9-8(11(12)13)4-3-5-10-9/h3-5,7H,6H2,1-2H3. The summed E-state index contributed by atoms with van der Waals surface area (Å²) in [4.78, 5) is 13.9. The van der Waals surface area contributed by atoms with E-state index in [9.17, 15) is 10.1 Å². The van der Waals surface area contributed by atoms with Crippen LogP contribution >= 0.6 is 0 Å². The summed E-state index contributed by atoms with van der Waals surface area (Å²) in [6.45, 7) is 4.36. The second kappa shape index (κ2) is 4.55. The lowest BCUT2D eigenvalue weighted by Crippen LogP contribution is -2.07. The molecule has 76 valence electrons.